The van der Waals surface area contributed by atoms with Crippen LogP contribution >= 0.6 is 22.6 Å². The van der Waals surface area contributed by atoms with E-state index in [1.165, 1.54) is 0 Å². The Balaban J connectivity index is 2.86. The summed E-state index contributed by atoms with van der Waals surface area (Å²) in [7, 11) is 0. The molecule has 0 bridgehead atoms. The van der Waals surface area contributed by atoms with Crippen molar-refractivity contribution in [1.82, 2.24) is 10.2 Å². The number of phenolic OH excluding ortho intramolecular Hbond substituents is 1. The van der Waals surface area contributed by atoms with Crippen LogP contribution in [0.15, 0.2) is 18.3 Å². The van der Waals surface area contributed by atoms with E-state index in [1.807, 2.05) is 6.07 Å². The van der Waals surface area contributed by atoms with Gasteiger partial charge in [-0.3, -0.25) is 5.10 Å². The molecule has 0 fully saturated rings. The van der Waals surface area contributed by atoms with Crippen LogP contribution in [-0.4, -0.2) is 15.3 Å². The van der Waals surface area contributed by atoms with E-state index in [-0.39, 0.29) is 0 Å². The van der Waals surface area contributed by atoms with Gasteiger partial charge in [-0.2, -0.15) is 5.10 Å². The molecule has 2 rings (SSSR count). The van der Waals surface area contributed by atoms with Gasteiger partial charge in [-0.1, -0.05) is 0 Å². The van der Waals surface area contributed by atoms with Crippen molar-refractivity contribution in [3.63, 3.8) is 0 Å². The molecule has 11 heavy (non-hydrogen) atoms. The van der Waals surface area contributed by atoms with Gasteiger partial charge in [0, 0.05) is 5.39 Å². The molecule has 0 amide bonds. The van der Waals surface area contributed by atoms with E-state index < -0.39 is 0 Å². The number of aromatic nitrogens is 2. The lowest BCUT2D eigenvalue weighted by Crippen LogP contribution is -1.73. The Bertz CT molecular complexity index is 360. The van der Waals surface area contributed by atoms with Gasteiger partial charge >= 0.3 is 0 Å². The highest BCUT2D eigenvalue weighted by atomic mass is 127. The lowest BCUT2D eigenvalue weighted by Gasteiger charge is -1.94. The maximum Gasteiger partial charge on any atom is 0.129 e. The number of nitrogens with one attached hydrogen (secondary N) is 1. The lowest BCUT2D eigenvalue weighted by atomic mass is 10.2. The summed E-state index contributed by atoms with van der Waals surface area (Å²) in [4.78, 5) is 0. The van der Waals surface area contributed by atoms with Crippen LogP contribution in [0.1, 0.15) is 0 Å². The molecule has 2 N–H and O–H groups in total. The normalized spacial score (nSPS) is 10.6. The third-order valence-corrected chi connectivity index (χ3v) is 2.37. The van der Waals surface area contributed by atoms with Crippen LogP contribution < -0.4 is 0 Å². The number of halogens is 1. The fourth-order valence-corrected chi connectivity index (χ4v) is 1.42. The quantitative estimate of drug-likeness (QED) is 0.710. The SMILES string of the molecule is Oc1cc2cn[nH]c2cc1I. The molecule has 0 aliphatic heterocycles. The highest BCUT2D eigenvalue weighted by molar-refractivity contribution is 14.1. The summed E-state index contributed by atoms with van der Waals surface area (Å²) in [6.07, 6.45) is 1.69. The Hall–Kier alpha value is -0.780. The maximum absolute atomic E-state index is 9.29. The Kier molecular flexibility index (Phi) is 1.49. The third-order valence-electron chi connectivity index (χ3n) is 1.51. The number of aromatic amines is 1. The van der Waals surface area contributed by atoms with Gasteiger partial charge in [0.2, 0.25) is 0 Å². The van der Waals surface area contributed by atoms with Crippen molar-refractivity contribution in [2.45, 2.75) is 0 Å². The molecular formula is C7H5IN2O. The number of fused-ring (bicyclic) bond motifs is 1. The smallest absolute Gasteiger partial charge is 0.129 e. The highest BCUT2D eigenvalue weighted by Crippen LogP contribution is 2.24. The number of nitrogens with zero attached hydrogens (tertiary/aromatic N) is 1. The number of benzene rings is 1. The topological polar surface area (TPSA) is 48.9 Å². The summed E-state index contributed by atoms with van der Waals surface area (Å²) >= 11 is 2.07. The van der Waals surface area contributed by atoms with E-state index in [4.69, 9.17) is 0 Å². The number of aromatic hydroxyl groups is 1. The highest BCUT2D eigenvalue weighted by Gasteiger charge is 2.00. The van der Waals surface area contributed by atoms with E-state index in [0.717, 1.165) is 14.5 Å². The average molecular weight is 260 g/mol. The van der Waals surface area contributed by atoms with E-state index in [1.54, 1.807) is 12.3 Å². The molecular weight excluding hydrogens is 255 g/mol. The minimum Gasteiger partial charge on any atom is -0.507 e. The molecule has 2 aromatic rings. The van der Waals surface area contributed by atoms with Gasteiger partial charge in [0.25, 0.3) is 0 Å². The summed E-state index contributed by atoms with van der Waals surface area (Å²) in [5.41, 5.74) is 0.951. The second-order valence-corrected chi connectivity index (χ2v) is 3.42. The van der Waals surface area contributed by atoms with Gasteiger partial charge in [-0.15, -0.1) is 0 Å². The maximum atomic E-state index is 9.29. The van der Waals surface area contributed by atoms with Crippen molar-refractivity contribution in [2.75, 3.05) is 0 Å². The Morgan fingerprint density at radius 3 is 3.09 bits per heavy atom. The summed E-state index contributed by atoms with van der Waals surface area (Å²) in [5.74, 6) is 0.305. The molecule has 0 atom stereocenters. The van der Waals surface area contributed by atoms with Crippen molar-refractivity contribution < 1.29 is 5.11 Å². The monoisotopic (exact) mass is 260 g/mol. The van der Waals surface area contributed by atoms with Gasteiger partial charge in [0.05, 0.1) is 15.3 Å². The molecule has 0 spiro atoms. The largest absolute Gasteiger partial charge is 0.507 e. The zero-order chi connectivity index (χ0) is 7.84. The number of phenols is 1. The molecule has 1 aromatic carbocycles. The molecule has 0 saturated carbocycles. The molecule has 0 radical (unpaired) electrons. The Labute approximate surface area is 76.6 Å². The average Bonchev–Trinajstić information content (AvgIpc) is 2.36. The second-order valence-electron chi connectivity index (χ2n) is 2.26. The molecule has 0 unspecified atom stereocenters. The fourth-order valence-electron chi connectivity index (χ4n) is 0.953. The minimum atomic E-state index is 0.305. The van der Waals surface area contributed by atoms with Crippen LogP contribution in [0.4, 0.5) is 0 Å². The zero-order valence-corrected chi connectivity index (χ0v) is 7.66. The van der Waals surface area contributed by atoms with Crippen molar-refractivity contribution in [2.24, 2.45) is 0 Å². The van der Waals surface area contributed by atoms with Gasteiger partial charge in [-0.25, -0.2) is 0 Å². The van der Waals surface area contributed by atoms with Crippen LogP contribution in [0.25, 0.3) is 10.9 Å². The molecule has 3 nitrogen and oxygen atoms in total. The van der Waals surface area contributed by atoms with Crippen LogP contribution in [0, 0.1) is 3.57 Å². The first-order valence-electron chi connectivity index (χ1n) is 3.09. The zero-order valence-electron chi connectivity index (χ0n) is 5.50. The Morgan fingerprint density at radius 1 is 1.45 bits per heavy atom. The predicted octanol–water partition coefficient (Wildman–Crippen LogP) is 1.87. The molecule has 0 aliphatic rings. The summed E-state index contributed by atoms with van der Waals surface area (Å²) < 4.78 is 0.833. The minimum absolute atomic E-state index is 0.305. The van der Waals surface area contributed by atoms with E-state index in [2.05, 4.69) is 32.8 Å². The first-order valence-corrected chi connectivity index (χ1v) is 4.17. The molecule has 0 aliphatic carbocycles. The van der Waals surface area contributed by atoms with Crippen LogP contribution in [0.3, 0.4) is 0 Å². The number of hydrogen-bond donors (Lipinski definition) is 2. The molecule has 1 aromatic heterocycles. The second kappa shape index (κ2) is 2.37. The van der Waals surface area contributed by atoms with Crippen molar-refractivity contribution in [1.29, 1.82) is 0 Å². The summed E-state index contributed by atoms with van der Waals surface area (Å²) in [6, 6.07) is 3.55. The van der Waals surface area contributed by atoms with Crippen LogP contribution in [0.5, 0.6) is 5.75 Å². The third kappa shape index (κ3) is 1.07. The van der Waals surface area contributed by atoms with Gasteiger partial charge in [0.15, 0.2) is 0 Å². The Morgan fingerprint density at radius 2 is 2.27 bits per heavy atom. The van der Waals surface area contributed by atoms with Crippen LogP contribution in [0.2, 0.25) is 0 Å². The van der Waals surface area contributed by atoms with Crippen molar-refractivity contribution >= 4 is 33.5 Å². The van der Waals surface area contributed by atoms with Crippen molar-refractivity contribution in [3.05, 3.63) is 21.9 Å². The number of hydrogen-bond acceptors (Lipinski definition) is 2. The predicted molar refractivity (Wildman–Crippen MR) is 50.5 cm³/mol. The molecule has 56 valence electrons. The number of H-pyrrole nitrogens is 1. The summed E-state index contributed by atoms with van der Waals surface area (Å²) in [6.45, 7) is 0. The molecule has 0 saturated heterocycles. The lowest BCUT2D eigenvalue weighted by molar-refractivity contribution is 0.472. The fraction of sp³-hybridized carbons (Fsp3) is 0. The number of rotatable bonds is 0. The first kappa shape index (κ1) is 6.90. The molecule has 1 heterocycles. The van der Waals surface area contributed by atoms with Gasteiger partial charge in [-0.05, 0) is 34.7 Å². The van der Waals surface area contributed by atoms with Crippen LogP contribution in [-0.2, 0) is 0 Å². The van der Waals surface area contributed by atoms with E-state index in [0.29, 0.717) is 5.75 Å². The van der Waals surface area contributed by atoms with Gasteiger partial charge in [0.1, 0.15) is 5.75 Å². The van der Waals surface area contributed by atoms with Crippen molar-refractivity contribution in [3.8, 4) is 5.75 Å². The summed E-state index contributed by atoms with van der Waals surface area (Å²) in [5, 5.41) is 16.9. The first-order chi connectivity index (χ1) is 5.27. The van der Waals surface area contributed by atoms with Gasteiger partial charge < -0.3 is 5.11 Å². The standard InChI is InChI=1S/C7H5IN2O/c8-5-2-6-4(1-7(5)11)3-9-10-6/h1-3,11H,(H,9,10). The van der Waals surface area contributed by atoms with E-state index in [9.17, 15) is 5.11 Å². The molecule has 4 heteroatoms. The van der Waals surface area contributed by atoms with E-state index >= 15 is 0 Å².